The average molecular weight is 214 g/mol. The molecule has 3 nitrogen and oxygen atoms in total. The van der Waals surface area contributed by atoms with Gasteiger partial charge in [0.15, 0.2) is 6.40 Å². The zero-order chi connectivity index (χ0) is 10.6. The van der Waals surface area contributed by atoms with Gasteiger partial charge in [-0.2, -0.15) is 0 Å². The van der Waals surface area contributed by atoms with Crippen LogP contribution in [0.3, 0.4) is 0 Å². The lowest BCUT2D eigenvalue weighted by Crippen LogP contribution is -2.32. The monoisotopic (exact) mass is 213 g/mol. The molecule has 0 aliphatic rings. The van der Waals surface area contributed by atoms with Gasteiger partial charge in [-0.3, -0.25) is 5.41 Å². The molecule has 1 aromatic rings. The van der Waals surface area contributed by atoms with Gasteiger partial charge in [0, 0.05) is 6.92 Å². The number of benzene rings is 1. The first-order valence-corrected chi connectivity index (χ1v) is 4.59. The Morgan fingerprint density at radius 2 is 2.07 bits per heavy atom. The van der Waals surface area contributed by atoms with E-state index in [0.29, 0.717) is 6.40 Å². The standard InChI is InChI=1S/C10H12ClNO2/c1-10(13,14-7-12)9(11)8-5-3-2-4-6-8/h2-7,9,12-13H,1H3. The molecule has 0 saturated heterocycles. The Morgan fingerprint density at radius 3 is 2.57 bits per heavy atom. The van der Waals surface area contributed by atoms with Crippen LogP contribution in [0, 0.1) is 5.41 Å². The highest BCUT2D eigenvalue weighted by molar-refractivity contribution is 6.21. The fraction of sp³-hybridized carbons (Fsp3) is 0.300. The fourth-order valence-corrected chi connectivity index (χ4v) is 1.31. The second-order valence-corrected chi connectivity index (χ2v) is 3.50. The van der Waals surface area contributed by atoms with Gasteiger partial charge in [-0.05, 0) is 5.56 Å². The first-order valence-electron chi connectivity index (χ1n) is 4.16. The highest BCUT2D eigenvalue weighted by atomic mass is 35.5. The summed E-state index contributed by atoms with van der Waals surface area (Å²) >= 11 is 6.00. The Morgan fingerprint density at radius 1 is 1.50 bits per heavy atom. The van der Waals surface area contributed by atoms with Gasteiger partial charge in [0.25, 0.3) is 0 Å². The van der Waals surface area contributed by atoms with Gasteiger partial charge in [-0.15, -0.1) is 11.6 Å². The summed E-state index contributed by atoms with van der Waals surface area (Å²) in [6, 6.07) is 9.09. The van der Waals surface area contributed by atoms with E-state index in [2.05, 4.69) is 0 Å². The van der Waals surface area contributed by atoms with E-state index in [1.165, 1.54) is 6.92 Å². The molecular weight excluding hydrogens is 202 g/mol. The first-order chi connectivity index (χ1) is 6.58. The molecule has 0 fully saturated rings. The van der Waals surface area contributed by atoms with E-state index in [0.717, 1.165) is 5.56 Å². The predicted octanol–water partition coefficient (Wildman–Crippen LogP) is 2.30. The molecule has 2 atom stereocenters. The van der Waals surface area contributed by atoms with Crippen molar-refractivity contribution in [3.63, 3.8) is 0 Å². The molecule has 4 heteroatoms. The zero-order valence-electron chi connectivity index (χ0n) is 7.77. The molecule has 0 spiro atoms. The summed E-state index contributed by atoms with van der Waals surface area (Å²) in [6.45, 7) is 1.42. The van der Waals surface area contributed by atoms with Crippen molar-refractivity contribution in [2.24, 2.45) is 0 Å². The van der Waals surface area contributed by atoms with Gasteiger partial charge < -0.3 is 9.84 Å². The smallest absolute Gasteiger partial charge is 0.227 e. The van der Waals surface area contributed by atoms with E-state index >= 15 is 0 Å². The van der Waals surface area contributed by atoms with Crippen molar-refractivity contribution in [3.8, 4) is 0 Å². The van der Waals surface area contributed by atoms with E-state index in [1.54, 1.807) is 12.1 Å². The zero-order valence-corrected chi connectivity index (χ0v) is 8.53. The molecule has 2 unspecified atom stereocenters. The van der Waals surface area contributed by atoms with E-state index in [4.69, 9.17) is 21.7 Å². The molecular formula is C10H12ClNO2. The molecule has 0 aliphatic heterocycles. The van der Waals surface area contributed by atoms with Crippen molar-refractivity contribution >= 4 is 18.0 Å². The third-order valence-electron chi connectivity index (χ3n) is 1.86. The minimum absolute atomic E-state index is 0.679. The Labute approximate surface area is 87.8 Å². The Hall–Kier alpha value is -1.06. The lowest BCUT2D eigenvalue weighted by atomic mass is 10.1. The number of nitrogens with one attached hydrogen (secondary N) is 1. The van der Waals surface area contributed by atoms with Crippen molar-refractivity contribution in [1.29, 1.82) is 5.41 Å². The summed E-state index contributed by atoms with van der Waals surface area (Å²) < 4.78 is 4.71. The van der Waals surface area contributed by atoms with Crippen molar-refractivity contribution in [2.75, 3.05) is 0 Å². The average Bonchev–Trinajstić information content (AvgIpc) is 2.18. The molecule has 0 saturated carbocycles. The maximum absolute atomic E-state index is 9.73. The number of hydrogen-bond acceptors (Lipinski definition) is 3. The van der Waals surface area contributed by atoms with Gasteiger partial charge in [0.1, 0.15) is 5.38 Å². The Bertz CT molecular complexity index is 300. The largest absolute Gasteiger partial charge is 0.451 e. The number of alkyl halides is 1. The van der Waals surface area contributed by atoms with Gasteiger partial charge in [-0.25, -0.2) is 0 Å². The van der Waals surface area contributed by atoms with E-state index in [-0.39, 0.29) is 0 Å². The third-order valence-corrected chi connectivity index (χ3v) is 2.52. The van der Waals surface area contributed by atoms with Crippen LogP contribution in [0.2, 0.25) is 0 Å². The minimum atomic E-state index is -1.56. The SMILES string of the molecule is CC(O)(OC=N)C(Cl)c1ccccc1. The quantitative estimate of drug-likeness (QED) is 0.349. The third kappa shape index (κ3) is 2.47. The normalized spacial score (nSPS) is 16.8. The van der Waals surface area contributed by atoms with Crippen LogP contribution in [0.15, 0.2) is 30.3 Å². The molecule has 2 N–H and O–H groups in total. The number of ether oxygens (including phenoxy) is 1. The van der Waals surface area contributed by atoms with Crippen LogP contribution in [0.4, 0.5) is 0 Å². The van der Waals surface area contributed by atoms with Crippen LogP contribution in [0.5, 0.6) is 0 Å². The van der Waals surface area contributed by atoms with E-state index in [9.17, 15) is 5.11 Å². The number of rotatable bonds is 4. The van der Waals surface area contributed by atoms with Crippen LogP contribution in [0.1, 0.15) is 17.9 Å². The molecule has 0 aliphatic carbocycles. The Kier molecular flexibility index (Phi) is 3.49. The van der Waals surface area contributed by atoms with Crippen LogP contribution < -0.4 is 0 Å². The molecule has 76 valence electrons. The summed E-state index contributed by atoms with van der Waals surface area (Å²) in [5, 5.41) is 15.8. The molecule has 0 aromatic heterocycles. The van der Waals surface area contributed by atoms with Crippen LogP contribution >= 0.6 is 11.6 Å². The molecule has 0 heterocycles. The van der Waals surface area contributed by atoms with Crippen molar-refractivity contribution in [1.82, 2.24) is 0 Å². The topological polar surface area (TPSA) is 53.3 Å². The van der Waals surface area contributed by atoms with Gasteiger partial charge in [-0.1, -0.05) is 30.3 Å². The van der Waals surface area contributed by atoms with Crippen LogP contribution in [-0.2, 0) is 4.74 Å². The first kappa shape index (κ1) is 11.0. The summed E-state index contributed by atoms with van der Waals surface area (Å²) in [4.78, 5) is 0. The summed E-state index contributed by atoms with van der Waals surface area (Å²) in [7, 11) is 0. The van der Waals surface area contributed by atoms with Crippen molar-refractivity contribution < 1.29 is 9.84 Å². The van der Waals surface area contributed by atoms with Crippen LogP contribution in [0.25, 0.3) is 0 Å². The second-order valence-electron chi connectivity index (χ2n) is 3.06. The maximum Gasteiger partial charge on any atom is 0.227 e. The fourth-order valence-electron chi connectivity index (χ4n) is 1.11. The number of halogens is 1. The minimum Gasteiger partial charge on any atom is -0.451 e. The molecule has 1 rings (SSSR count). The number of hydrogen-bond donors (Lipinski definition) is 2. The van der Waals surface area contributed by atoms with Gasteiger partial charge in [0.05, 0.1) is 0 Å². The summed E-state index contributed by atoms with van der Waals surface area (Å²) in [5.74, 6) is -1.56. The molecule has 0 bridgehead atoms. The predicted molar refractivity (Wildman–Crippen MR) is 55.5 cm³/mol. The lowest BCUT2D eigenvalue weighted by molar-refractivity contribution is -0.130. The number of aliphatic hydroxyl groups is 1. The van der Waals surface area contributed by atoms with Crippen molar-refractivity contribution in [2.45, 2.75) is 18.1 Å². The van der Waals surface area contributed by atoms with Crippen molar-refractivity contribution in [3.05, 3.63) is 35.9 Å². The maximum atomic E-state index is 9.73. The molecule has 14 heavy (non-hydrogen) atoms. The molecule has 1 aromatic carbocycles. The van der Waals surface area contributed by atoms with E-state index < -0.39 is 11.2 Å². The van der Waals surface area contributed by atoms with Crippen LogP contribution in [-0.4, -0.2) is 17.3 Å². The summed E-state index contributed by atoms with van der Waals surface area (Å²) in [5.41, 5.74) is 0.751. The summed E-state index contributed by atoms with van der Waals surface area (Å²) in [6.07, 6.45) is 0.679. The van der Waals surface area contributed by atoms with Gasteiger partial charge in [0.2, 0.25) is 5.79 Å². The highest BCUT2D eigenvalue weighted by Crippen LogP contribution is 2.32. The second kappa shape index (κ2) is 4.44. The Balaban J connectivity index is 2.84. The lowest BCUT2D eigenvalue weighted by Gasteiger charge is -2.27. The highest BCUT2D eigenvalue weighted by Gasteiger charge is 2.32. The molecule has 0 radical (unpaired) electrons. The van der Waals surface area contributed by atoms with E-state index in [1.807, 2.05) is 18.2 Å². The van der Waals surface area contributed by atoms with Gasteiger partial charge >= 0.3 is 0 Å². The molecule has 0 amide bonds.